The lowest BCUT2D eigenvalue weighted by Gasteiger charge is -2.00. The van der Waals surface area contributed by atoms with Gasteiger partial charge in [0.05, 0.1) is 6.54 Å². The average molecular weight is 166 g/mol. The van der Waals surface area contributed by atoms with E-state index in [1.54, 1.807) is 12.4 Å². The second kappa shape index (κ2) is 3.66. The Morgan fingerprint density at radius 1 is 1.58 bits per heavy atom. The number of nitrogens with one attached hydrogen (secondary N) is 1. The van der Waals surface area contributed by atoms with Gasteiger partial charge in [-0.2, -0.15) is 0 Å². The van der Waals surface area contributed by atoms with Gasteiger partial charge in [0.2, 0.25) is 11.9 Å². The molecule has 0 unspecified atom stereocenters. The summed E-state index contributed by atoms with van der Waals surface area (Å²) in [5.74, 6) is -0.0152. The molecule has 1 rings (SSSR count). The van der Waals surface area contributed by atoms with Crippen LogP contribution in [0.1, 0.15) is 5.56 Å². The van der Waals surface area contributed by atoms with Crippen molar-refractivity contribution in [2.75, 3.05) is 11.9 Å². The van der Waals surface area contributed by atoms with Gasteiger partial charge < -0.3 is 11.1 Å². The van der Waals surface area contributed by atoms with Crippen LogP contribution in [0.2, 0.25) is 0 Å². The molecule has 0 aromatic carbocycles. The minimum atomic E-state index is -0.431. The highest BCUT2D eigenvalue weighted by molar-refractivity contribution is 5.78. The summed E-state index contributed by atoms with van der Waals surface area (Å²) in [6.07, 6.45) is 3.33. The number of nitrogens with zero attached hydrogens (tertiary/aromatic N) is 2. The Balaban J connectivity index is 2.53. The maximum Gasteiger partial charge on any atom is 0.236 e. The summed E-state index contributed by atoms with van der Waals surface area (Å²) in [5, 5.41) is 2.67. The molecule has 5 nitrogen and oxygen atoms in total. The molecule has 1 aromatic rings. The first-order chi connectivity index (χ1) is 5.68. The number of carbonyl (C=O) groups excluding carboxylic acids is 1. The van der Waals surface area contributed by atoms with Crippen LogP contribution in [-0.4, -0.2) is 22.4 Å². The van der Waals surface area contributed by atoms with Crippen molar-refractivity contribution in [2.45, 2.75) is 6.92 Å². The first kappa shape index (κ1) is 8.45. The van der Waals surface area contributed by atoms with Crippen molar-refractivity contribution in [1.29, 1.82) is 0 Å². The third-order valence-electron chi connectivity index (χ3n) is 1.20. The number of amides is 1. The van der Waals surface area contributed by atoms with E-state index in [4.69, 9.17) is 5.73 Å². The Morgan fingerprint density at radius 2 is 2.17 bits per heavy atom. The van der Waals surface area contributed by atoms with E-state index < -0.39 is 5.91 Å². The second-order valence-electron chi connectivity index (χ2n) is 2.40. The quantitative estimate of drug-likeness (QED) is 0.645. The van der Waals surface area contributed by atoms with Crippen molar-refractivity contribution in [1.82, 2.24) is 9.97 Å². The molecule has 64 valence electrons. The van der Waals surface area contributed by atoms with Crippen molar-refractivity contribution in [3.63, 3.8) is 0 Å². The minimum Gasteiger partial charge on any atom is -0.368 e. The van der Waals surface area contributed by atoms with Crippen LogP contribution in [0.5, 0.6) is 0 Å². The van der Waals surface area contributed by atoms with E-state index in [2.05, 4.69) is 15.3 Å². The minimum absolute atomic E-state index is 0.0586. The number of carbonyl (C=O) groups is 1. The maximum atomic E-state index is 10.3. The molecule has 1 heterocycles. The average Bonchev–Trinajstić information content (AvgIpc) is 2.03. The molecule has 5 heteroatoms. The molecule has 0 aliphatic carbocycles. The fourth-order valence-electron chi connectivity index (χ4n) is 0.650. The second-order valence-corrected chi connectivity index (χ2v) is 2.40. The molecular weight excluding hydrogens is 156 g/mol. The number of hydrogen-bond acceptors (Lipinski definition) is 4. The molecule has 1 amide bonds. The molecule has 12 heavy (non-hydrogen) atoms. The molecule has 0 spiro atoms. The third kappa shape index (κ3) is 2.53. The predicted octanol–water partition coefficient (Wildman–Crippen LogP) is -0.318. The highest BCUT2D eigenvalue weighted by Gasteiger charge is 1.96. The van der Waals surface area contributed by atoms with E-state index in [0.29, 0.717) is 5.95 Å². The topological polar surface area (TPSA) is 80.9 Å². The van der Waals surface area contributed by atoms with Crippen LogP contribution >= 0.6 is 0 Å². The highest BCUT2D eigenvalue weighted by atomic mass is 16.1. The van der Waals surface area contributed by atoms with Crippen molar-refractivity contribution in [2.24, 2.45) is 5.73 Å². The van der Waals surface area contributed by atoms with E-state index in [1.165, 1.54) is 0 Å². The first-order valence-electron chi connectivity index (χ1n) is 3.49. The lowest BCUT2D eigenvalue weighted by Crippen LogP contribution is -2.22. The summed E-state index contributed by atoms with van der Waals surface area (Å²) in [7, 11) is 0. The van der Waals surface area contributed by atoms with Gasteiger partial charge in [-0.3, -0.25) is 4.79 Å². The number of nitrogens with two attached hydrogens (primary N) is 1. The standard InChI is InChI=1S/C7H10N4O/c1-5-2-9-7(10-3-5)11-4-6(8)12/h2-3H,4H2,1H3,(H2,8,12)(H,9,10,11). The van der Waals surface area contributed by atoms with Gasteiger partial charge in [-0.25, -0.2) is 9.97 Å². The summed E-state index contributed by atoms with van der Waals surface area (Å²) in [5.41, 5.74) is 5.89. The van der Waals surface area contributed by atoms with E-state index in [-0.39, 0.29) is 6.54 Å². The molecular formula is C7H10N4O. The Kier molecular flexibility index (Phi) is 2.57. The number of aryl methyl sites for hydroxylation is 1. The Morgan fingerprint density at radius 3 is 2.67 bits per heavy atom. The van der Waals surface area contributed by atoms with Crippen molar-refractivity contribution >= 4 is 11.9 Å². The zero-order valence-electron chi connectivity index (χ0n) is 6.74. The van der Waals surface area contributed by atoms with Crippen LogP contribution in [0, 0.1) is 6.92 Å². The molecule has 0 aliphatic rings. The van der Waals surface area contributed by atoms with Crippen LogP contribution in [0.3, 0.4) is 0 Å². The molecule has 0 bridgehead atoms. The van der Waals surface area contributed by atoms with Crippen LogP contribution in [-0.2, 0) is 4.79 Å². The Labute approximate surface area is 70.0 Å². The molecule has 0 radical (unpaired) electrons. The van der Waals surface area contributed by atoms with Gasteiger partial charge in [-0.1, -0.05) is 0 Å². The van der Waals surface area contributed by atoms with Crippen LogP contribution in [0.4, 0.5) is 5.95 Å². The van der Waals surface area contributed by atoms with Crippen LogP contribution in [0.25, 0.3) is 0 Å². The largest absolute Gasteiger partial charge is 0.368 e. The van der Waals surface area contributed by atoms with Crippen LogP contribution < -0.4 is 11.1 Å². The van der Waals surface area contributed by atoms with E-state index in [9.17, 15) is 4.79 Å². The smallest absolute Gasteiger partial charge is 0.236 e. The van der Waals surface area contributed by atoms with Crippen LogP contribution in [0.15, 0.2) is 12.4 Å². The summed E-state index contributed by atoms with van der Waals surface area (Å²) < 4.78 is 0. The Hall–Kier alpha value is -1.65. The predicted molar refractivity (Wildman–Crippen MR) is 44.5 cm³/mol. The van der Waals surface area contributed by atoms with Gasteiger partial charge in [0.15, 0.2) is 0 Å². The fourth-order valence-corrected chi connectivity index (χ4v) is 0.650. The summed E-state index contributed by atoms with van der Waals surface area (Å²) in [4.78, 5) is 18.2. The van der Waals surface area contributed by atoms with Gasteiger partial charge in [-0.05, 0) is 12.5 Å². The Bertz CT molecular complexity index is 269. The molecule has 1 aromatic heterocycles. The SMILES string of the molecule is Cc1cnc(NCC(N)=O)nc1. The number of hydrogen-bond donors (Lipinski definition) is 2. The molecule has 0 saturated carbocycles. The highest BCUT2D eigenvalue weighted by Crippen LogP contribution is 1.96. The molecule has 3 N–H and O–H groups in total. The van der Waals surface area contributed by atoms with Gasteiger partial charge in [0, 0.05) is 12.4 Å². The number of anilines is 1. The normalized spacial score (nSPS) is 9.42. The lowest BCUT2D eigenvalue weighted by atomic mass is 10.4. The van der Waals surface area contributed by atoms with Crippen molar-refractivity contribution in [3.05, 3.63) is 18.0 Å². The van der Waals surface area contributed by atoms with E-state index >= 15 is 0 Å². The fraction of sp³-hybridized carbons (Fsp3) is 0.286. The monoisotopic (exact) mass is 166 g/mol. The van der Waals surface area contributed by atoms with E-state index in [1.807, 2.05) is 6.92 Å². The third-order valence-corrected chi connectivity index (χ3v) is 1.20. The molecule has 0 atom stereocenters. The van der Waals surface area contributed by atoms with Gasteiger partial charge in [0.1, 0.15) is 0 Å². The number of rotatable bonds is 3. The van der Waals surface area contributed by atoms with Gasteiger partial charge in [-0.15, -0.1) is 0 Å². The van der Waals surface area contributed by atoms with Crippen molar-refractivity contribution < 1.29 is 4.79 Å². The summed E-state index contributed by atoms with van der Waals surface area (Å²) >= 11 is 0. The lowest BCUT2D eigenvalue weighted by molar-refractivity contribution is -0.116. The first-order valence-corrected chi connectivity index (χ1v) is 3.49. The zero-order chi connectivity index (χ0) is 8.97. The van der Waals surface area contributed by atoms with Gasteiger partial charge in [0.25, 0.3) is 0 Å². The molecule has 0 fully saturated rings. The summed E-state index contributed by atoms with van der Waals surface area (Å²) in [6, 6.07) is 0. The van der Waals surface area contributed by atoms with E-state index in [0.717, 1.165) is 5.56 Å². The maximum absolute atomic E-state index is 10.3. The summed E-state index contributed by atoms with van der Waals surface area (Å²) in [6.45, 7) is 1.95. The molecule has 0 aliphatic heterocycles. The van der Waals surface area contributed by atoms with Crippen molar-refractivity contribution in [3.8, 4) is 0 Å². The number of aromatic nitrogens is 2. The number of primary amides is 1. The molecule has 0 saturated heterocycles. The van der Waals surface area contributed by atoms with Gasteiger partial charge >= 0.3 is 0 Å². The zero-order valence-corrected chi connectivity index (χ0v) is 6.74.